The van der Waals surface area contributed by atoms with Crippen molar-refractivity contribution < 1.29 is 4.79 Å². The summed E-state index contributed by atoms with van der Waals surface area (Å²) in [5.74, 6) is -0.0645. The maximum Gasteiger partial charge on any atom is 0.234 e. The summed E-state index contributed by atoms with van der Waals surface area (Å²) in [5, 5.41) is 2.78. The number of halogens is 1. The molecule has 0 aliphatic heterocycles. The molecule has 1 N–H and O–H groups in total. The predicted octanol–water partition coefficient (Wildman–Crippen LogP) is 2.57. The highest BCUT2D eigenvalue weighted by molar-refractivity contribution is 6.27. The Morgan fingerprint density at radius 1 is 1.44 bits per heavy atom. The number of hydrogen-bond acceptors (Lipinski definition) is 2. The Balaban J connectivity index is 2.40. The highest BCUT2D eigenvalue weighted by Gasteiger charge is 2.04. The molecule has 100 valence electrons. The number of nitrogens with zero attached hydrogens (tertiary/aromatic N) is 1. The number of anilines is 1. The fourth-order valence-electron chi connectivity index (χ4n) is 1.84. The van der Waals surface area contributed by atoms with Crippen LogP contribution in [0, 0.1) is 6.92 Å². The summed E-state index contributed by atoms with van der Waals surface area (Å²) in [6, 6.07) is 8.47. The van der Waals surface area contributed by atoms with Gasteiger partial charge in [0, 0.05) is 25.3 Å². The number of benzene rings is 1. The van der Waals surface area contributed by atoms with Crippen LogP contribution in [0.3, 0.4) is 0 Å². The second kappa shape index (κ2) is 7.98. The average Bonchev–Trinajstić information content (AvgIpc) is 2.38. The molecule has 0 spiro atoms. The minimum atomic E-state index is -0.102. The maximum atomic E-state index is 11.0. The van der Waals surface area contributed by atoms with Crippen LogP contribution < -0.4 is 10.2 Å². The monoisotopic (exact) mass is 268 g/mol. The quantitative estimate of drug-likeness (QED) is 0.609. The van der Waals surface area contributed by atoms with E-state index in [1.165, 1.54) is 11.3 Å². The third kappa shape index (κ3) is 4.96. The lowest BCUT2D eigenvalue weighted by molar-refractivity contribution is -0.118. The number of aryl methyl sites for hydroxylation is 1. The largest absolute Gasteiger partial charge is 0.372 e. The van der Waals surface area contributed by atoms with Crippen molar-refractivity contribution in [3.05, 3.63) is 29.8 Å². The van der Waals surface area contributed by atoms with Crippen LogP contribution in [-0.4, -0.2) is 31.4 Å². The topological polar surface area (TPSA) is 32.3 Å². The van der Waals surface area contributed by atoms with E-state index in [0.29, 0.717) is 6.54 Å². The van der Waals surface area contributed by atoms with Crippen LogP contribution in [0.1, 0.15) is 18.9 Å². The van der Waals surface area contributed by atoms with E-state index >= 15 is 0 Å². The van der Waals surface area contributed by atoms with Gasteiger partial charge in [-0.2, -0.15) is 0 Å². The average molecular weight is 269 g/mol. The van der Waals surface area contributed by atoms with Crippen molar-refractivity contribution >= 4 is 23.2 Å². The number of amides is 1. The van der Waals surface area contributed by atoms with Crippen LogP contribution in [0.5, 0.6) is 0 Å². The molecule has 0 fully saturated rings. The number of nitrogens with one attached hydrogen (secondary N) is 1. The summed E-state index contributed by atoms with van der Waals surface area (Å²) in [5.41, 5.74) is 2.50. The molecule has 0 radical (unpaired) electrons. The molecule has 0 aromatic heterocycles. The zero-order valence-corrected chi connectivity index (χ0v) is 11.8. The lowest BCUT2D eigenvalue weighted by Gasteiger charge is -2.23. The van der Waals surface area contributed by atoms with Crippen LogP contribution in [0.2, 0.25) is 0 Å². The number of hydrogen-bond donors (Lipinski definition) is 1. The molecule has 3 nitrogen and oxygen atoms in total. The molecule has 0 aliphatic rings. The highest BCUT2D eigenvalue weighted by atomic mass is 35.5. The van der Waals surface area contributed by atoms with Crippen LogP contribution in [0.15, 0.2) is 24.3 Å². The van der Waals surface area contributed by atoms with Gasteiger partial charge in [0.2, 0.25) is 5.91 Å². The minimum absolute atomic E-state index is 0.0371. The fraction of sp³-hybridized carbons (Fsp3) is 0.500. The molecule has 18 heavy (non-hydrogen) atoms. The van der Waals surface area contributed by atoms with Gasteiger partial charge in [0.15, 0.2) is 0 Å². The fourth-order valence-corrected chi connectivity index (χ4v) is 1.93. The van der Waals surface area contributed by atoms with Gasteiger partial charge in [0.1, 0.15) is 5.88 Å². The Labute approximate surface area is 114 Å². The summed E-state index contributed by atoms with van der Waals surface area (Å²) in [7, 11) is 0. The molecule has 0 saturated heterocycles. The Bertz CT molecular complexity index is 382. The molecule has 1 amide bonds. The van der Waals surface area contributed by atoms with Gasteiger partial charge in [-0.05, 0) is 38.0 Å². The molecule has 0 atom stereocenters. The second-order valence-corrected chi connectivity index (χ2v) is 4.52. The maximum absolute atomic E-state index is 11.0. The minimum Gasteiger partial charge on any atom is -0.372 e. The SMILES string of the molecule is CCN(CCCNC(=O)CCl)c1cccc(C)c1. The van der Waals surface area contributed by atoms with Crippen molar-refractivity contribution in [2.45, 2.75) is 20.3 Å². The van der Waals surface area contributed by atoms with Crippen molar-refractivity contribution in [1.29, 1.82) is 0 Å². The highest BCUT2D eigenvalue weighted by Crippen LogP contribution is 2.15. The van der Waals surface area contributed by atoms with Crippen molar-refractivity contribution in [2.24, 2.45) is 0 Å². The molecule has 1 aromatic carbocycles. The normalized spacial score (nSPS) is 10.2. The van der Waals surface area contributed by atoms with E-state index in [0.717, 1.165) is 19.5 Å². The third-order valence-corrected chi connectivity index (χ3v) is 3.04. The Morgan fingerprint density at radius 2 is 2.22 bits per heavy atom. The zero-order valence-electron chi connectivity index (χ0n) is 11.1. The summed E-state index contributed by atoms with van der Waals surface area (Å²) in [6.45, 7) is 6.81. The molecule has 4 heteroatoms. The zero-order chi connectivity index (χ0) is 13.4. The van der Waals surface area contributed by atoms with Gasteiger partial charge in [-0.3, -0.25) is 4.79 Å². The molecule has 0 bridgehead atoms. The van der Waals surface area contributed by atoms with Gasteiger partial charge in [0.25, 0.3) is 0 Å². The van der Waals surface area contributed by atoms with E-state index in [9.17, 15) is 4.79 Å². The number of carbonyl (C=O) groups is 1. The van der Waals surface area contributed by atoms with Crippen molar-refractivity contribution in [2.75, 3.05) is 30.4 Å². The number of carbonyl (C=O) groups excluding carboxylic acids is 1. The molecular weight excluding hydrogens is 248 g/mol. The third-order valence-electron chi connectivity index (χ3n) is 2.80. The van der Waals surface area contributed by atoms with Gasteiger partial charge < -0.3 is 10.2 Å². The first kappa shape index (κ1) is 14.8. The van der Waals surface area contributed by atoms with Gasteiger partial charge in [-0.15, -0.1) is 11.6 Å². The van der Waals surface area contributed by atoms with Crippen LogP contribution in [0.25, 0.3) is 0 Å². The van der Waals surface area contributed by atoms with E-state index in [1.54, 1.807) is 0 Å². The van der Waals surface area contributed by atoms with Gasteiger partial charge in [0.05, 0.1) is 0 Å². The van der Waals surface area contributed by atoms with E-state index in [4.69, 9.17) is 11.6 Å². The Morgan fingerprint density at radius 3 is 2.83 bits per heavy atom. The molecular formula is C14H21ClN2O. The first-order chi connectivity index (χ1) is 8.67. The van der Waals surface area contributed by atoms with Gasteiger partial charge >= 0.3 is 0 Å². The summed E-state index contributed by atoms with van der Waals surface area (Å²) in [4.78, 5) is 13.3. The lowest BCUT2D eigenvalue weighted by Crippen LogP contribution is -2.30. The Hall–Kier alpha value is -1.22. The van der Waals surface area contributed by atoms with Crippen LogP contribution >= 0.6 is 11.6 Å². The Kier molecular flexibility index (Phi) is 6.58. The van der Waals surface area contributed by atoms with E-state index in [-0.39, 0.29) is 11.8 Å². The molecule has 1 aromatic rings. The molecule has 1 rings (SSSR count). The smallest absolute Gasteiger partial charge is 0.234 e. The molecule has 0 unspecified atom stereocenters. The standard InChI is InChI=1S/C14H21ClN2O/c1-3-17(9-5-8-16-14(18)11-15)13-7-4-6-12(2)10-13/h4,6-7,10H,3,5,8-9,11H2,1-2H3,(H,16,18). The first-order valence-corrected chi connectivity index (χ1v) is 6.85. The summed E-state index contributed by atoms with van der Waals surface area (Å²) >= 11 is 5.41. The number of rotatable bonds is 7. The van der Waals surface area contributed by atoms with Crippen LogP contribution in [0.4, 0.5) is 5.69 Å². The summed E-state index contributed by atoms with van der Waals surface area (Å²) in [6.07, 6.45) is 0.921. The summed E-state index contributed by atoms with van der Waals surface area (Å²) < 4.78 is 0. The second-order valence-electron chi connectivity index (χ2n) is 4.26. The van der Waals surface area contributed by atoms with E-state index in [1.807, 2.05) is 0 Å². The van der Waals surface area contributed by atoms with Crippen LogP contribution in [-0.2, 0) is 4.79 Å². The van der Waals surface area contributed by atoms with Gasteiger partial charge in [-0.1, -0.05) is 12.1 Å². The predicted molar refractivity (Wildman–Crippen MR) is 77.4 cm³/mol. The molecule has 0 saturated carbocycles. The van der Waals surface area contributed by atoms with Crippen molar-refractivity contribution in [1.82, 2.24) is 5.32 Å². The van der Waals surface area contributed by atoms with E-state index < -0.39 is 0 Å². The lowest BCUT2D eigenvalue weighted by atomic mass is 10.2. The van der Waals surface area contributed by atoms with E-state index in [2.05, 4.69) is 48.3 Å². The van der Waals surface area contributed by atoms with Gasteiger partial charge in [-0.25, -0.2) is 0 Å². The van der Waals surface area contributed by atoms with Crippen molar-refractivity contribution in [3.8, 4) is 0 Å². The molecule has 0 heterocycles. The number of alkyl halides is 1. The van der Waals surface area contributed by atoms with Crippen molar-refractivity contribution in [3.63, 3.8) is 0 Å². The first-order valence-electron chi connectivity index (χ1n) is 6.31. The molecule has 0 aliphatic carbocycles.